The van der Waals surface area contributed by atoms with Crippen molar-refractivity contribution in [3.8, 4) is 33.4 Å². The van der Waals surface area contributed by atoms with Crippen LogP contribution < -0.4 is 10.4 Å². The van der Waals surface area contributed by atoms with Crippen molar-refractivity contribution < 1.29 is 0 Å². The Bertz CT molecular complexity index is 2240. The van der Waals surface area contributed by atoms with Gasteiger partial charge in [-0.2, -0.15) is 0 Å². The summed E-state index contributed by atoms with van der Waals surface area (Å²) in [7, 11) is 0. The number of hydrogen-bond acceptors (Lipinski definition) is 0. The zero-order valence-corrected chi connectivity index (χ0v) is 23.1. The minimum Gasteiger partial charge on any atom is -0.0905 e. The number of fused-ring (bicyclic) bond motifs is 2. The molecule has 0 bridgehead atoms. The molecule has 7 aromatic carbocycles. The van der Waals surface area contributed by atoms with Crippen LogP contribution in [0.4, 0.5) is 0 Å². The fraction of sp³-hybridized carbons (Fsp3) is 0.0732. The number of rotatable bonds is 3. The summed E-state index contributed by atoms with van der Waals surface area (Å²) in [6, 6.07) is 44.4. The van der Waals surface area contributed by atoms with E-state index in [2.05, 4.69) is 134 Å². The first-order valence-corrected chi connectivity index (χ1v) is 14.5. The maximum atomic E-state index is 4.66. The first-order chi connectivity index (χ1) is 20.2. The second kappa shape index (κ2) is 9.32. The van der Waals surface area contributed by atoms with Crippen LogP contribution >= 0.6 is 0 Å². The summed E-state index contributed by atoms with van der Waals surface area (Å²) in [4.78, 5) is 0. The normalized spacial score (nSPS) is 12.8. The number of aryl methyl sites for hydroxylation is 2. The Kier molecular flexibility index (Phi) is 5.43. The lowest BCUT2D eigenvalue weighted by molar-refractivity contribution is 0.808. The van der Waals surface area contributed by atoms with Crippen molar-refractivity contribution in [1.29, 1.82) is 0 Å². The molecule has 194 valence electrons. The quantitative estimate of drug-likeness (QED) is 0.217. The van der Waals surface area contributed by atoms with Crippen LogP contribution in [0.2, 0.25) is 0 Å². The molecule has 0 heterocycles. The molecule has 0 fully saturated rings. The molecule has 0 spiro atoms. The first kappa shape index (κ1) is 23.9. The average Bonchev–Trinajstić information content (AvgIpc) is 3.03. The van der Waals surface area contributed by atoms with Gasteiger partial charge in [0.15, 0.2) is 0 Å². The smallest absolute Gasteiger partial charge is 0.00263 e. The van der Waals surface area contributed by atoms with Crippen LogP contribution in [0.1, 0.15) is 17.5 Å². The Balaban J connectivity index is 1.33. The van der Waals surface area contributed by atoms with Crippen molar-refractivity contribution in [3.05, 3.63) is 143 Å². The molecule has 0 unspecified atom stereocenters. The summed E-state index contributed by atoms with van der Waals surface area (Å²) < 4.78 is 0. The molecular formula is C41H30. The molecule has 0 aromatic heterocycles. The van der Waals surface area contributed by atoms with Crippen LogP contribution in [-0.2, 0) is 12.8 Å². The van der Waals surface area contributed by atoms with E-state index in [9.17, 15) is 0 Å². The van der Waals surface area contributed by atoms with Gasteiger partial charge in [-0.15, -0.1) is 0 Å². The maximum Gasteiger partial charge on any atom is -0.00263 e. The van der Waals surface area contributed by atoms with Gasteiger partial charge in [0, 0.05) is 0 Å². The summed E-state index contributed by atoms with van der Waals surface area (Å²) >= 11 is 0. The van der Waals surface area contributed by atoms with Gasteiger partial charge in [0.25, 0.3) is 0 Å². The van der Waals surface area contributed by atoms with Gasteiger partial charge in [0.1, 0.15) is 0 Å². The third kappa shape index (κ3) is 3.68. The van der Waals surface area contributed by atoms with Crippen molar-refractivity contribution in [2.24, 2.45) is 0 Å². The van der Waals surface area contributed by atoms with Gasteiger partial charge in [-0.3, -0.25) is 0 Å². The summed E-state index contributed by atoms with van der Waals surface area (Å²) in [5.41, 5.74) is 10.2. The Hall–Kier alpha value is -4.94. The molecule has 0 aliphatic heterocycles. The summed E-state index contributed by atoms with van der Waals surface area (Å²) in [5.74, 6) is 0. The van der Waals surface area contributed by atoms with E-state index in [1.54, 1.807) is 0 Å². The van der Waals surface area contributed by atoms with Crippen molar-refractivity contribution in [3.63, 3.8) is 0 Å². The highest BCUT2D eigenvalue weighted by Gasteiger charge is 2.19. The summed E-state index contributed by atoms with van der Waals surface area (Å²) in [6.07, 6.45) is 3.53. The molecule has 0 saturated heterocycles. The van der Waals surface area contributed by atoms with E-state index in [0.29, 0.717) is 0 Å². The Morgan fingerprint density at radius 2 is 1.00 bits per heavy atom. The van der Waals surface area contributed by atoms with Crippen LogP contribution in [0.5, 0.6) is 0 Å². The Labute approximate surface area is 240 Å². The topological polar surface area (TPSA) is 0 Å². The highest BCUT2D eigenvalue weighted by molar-refractivity contribution is 6.11. The van der Waals surface area contributed by atoms with Crippen molar-refractivity contribution in [2.45, 2.75) is 19.3 Å². The average molecular weight is 523 g/mol. The van der Waals surface area contributed by atoms with Gasteiger partial charge in [-0.05, 0) is 107 Å². The van der Waals surface area contributed by atoms with Crippen LogP contribution in [0.25, 0.3) is 78.9 Å². The zero-order chi connectivity index (χ0) is 27.5. The molecule has 0 N–H and O–H groups in total. The van der Waals surface area contributed by atoms with Gasteiger partial charge in [-0.1, -0.05) is 134 Å². The van der Waals surface area contributed by atoms with E-state index in [1.807, 2.05) is 0 Å². The molecule has 0 radical (unpaired) electrons. The lowest BCUT2D eigenvalue weighted by Crippen LogP contribution is -2.27. The lowest BCUT2D eigenvalue weighted by atomic mass is 9.83. The molecule has 0 nitrogen and oxygen atoms in total. The maximum absolute atomic E-state index is 4.66. The molecule has 0 saturated carbocycles. The third-order valence-electron chi connectivity index (χ3n) is 9.08. The fourth-order valence-electron chi connectivity index (χ4n) is 7.14. The van der Waals surface area contributed by atoms with Crippen LogP contribution in [0.3, 0.4) is 0 Å². The third-order valence-corrected chi connectivity index (χ3v) is 9.08. The van der Waals surface area contributed by atoms with Crippen LogP contribution in [-0.4, -0.2) is 0 Å². The fourth-order valence-corrected chi connectivity index (χ4v) is 7.14. The van der Waals surface area contributed by atoms with Crippen molar-refractivity contribution >= 4 is 45.5 Å². The Morgan fingerprint density at radius 1 is 0.415 bits per heavy atom. The second-order valence-corrected chi connectivity index (χ2v) is 11.3. The largest absolute Gasteiger partial charge is 0.0905 e. The molecule has 1 aliphatic rings. The van der Waals surface area contributed by atoms with Gasteiger partial charge in [0.2, 0.25) is 0 Å². The van der Waals surface area contributed by atoms with Crippen molar-refractivity contribution in [2.75, 3.05) is 0 Å². The lowest BCUT2D eigenvalue weighted by Gasteiger charge is -2.21. The molecule has 7 aromatic rings. The zero-order valence-electron chi connectivity index (χ0n) is 23.1. The second-order valence-electron chi connectivity index (χ2n) is 11.3. The molecule has 41 heavy (non-hydrogen) atoms. The molecule has 8 rings (SSSR count). The molecule has 0 heteroatoms. The monoisotopic (exact) mass is 522 g/mol. The van der Waals surface area contributed by atoms with E-state index in [4.69, 9.17) is 0 Å². The Morgan fingerprint density at radius 3 is 1.80 bits per heavy atom. The minimum absolute atomic E-state index is 0.997. The minimum atomic E-state index is 0.997. The van der Waals surface area contributed by atoms with Gasteiger partial charge < -0.3 is 0 Å². The standard InChI is InChI=1S/C41H30/c1-26-27(2)40(38-25-24-31-13-7-12-30-14-9-19-37(38)41(30)31)36-17-6-5-16-35(36)39(26)32-22-20-29(21-23-32)34-18-8-11-28-10-3-4-15-33(28)34/h3-6,8-11,14-25H,1-2,7,12-13H2. The van der Waals surface area contributed by atoms with Gasteiger partial charge >= 0.3 is 0 Å². The van der Waals surface area contributed by atoms with E-state index in [0.717, 1.165) is 23.3 Å². The predicted octanol–water partition coefficient (Wildman–Crippen LogP) is 9.46. The number of benzene rings is 7. The SMILES string of the molecule is C=c1c(-c2ccc(-c3cccc4ccccc34)cc2)c2ccccc2c(-c2ccc3c4c(cccc24)CCC3)c1=C. The molecule has 0 amide bonds. The molecule has 1 aliphatic carbocycles. The van der Waals surface area contributed by atoms with E-state index >= 15 is 0 Å². The van der Waals surface area contributed by atoms with E-state index in [1.165, 1.54) is 83.2 Å². The molecule has 0 atom stereocenters. The van der Waals surface area contributed by atoms with Gasteiger partial charge in [-0.25, -0.2) is 0 Å². The summed E-state index contributed by atoms with van der Waals surface area (Å²) in [5, 5.41) is 9.77. The molecular weight excluding hydrogens is 492 g/mol. The summed E-state index contributed by atoms with van der Waals surface area (Å²) in [6.45, 7) is 9.29. The predicted molar refractivity (Wildman–Crippen MR) is 178 cm³/mol. The van der Waals surface area contributed by atoms with E-state index in [-0.39, 0.29) is 0 Å². The number of hydrogen-bond donors (Lipinski definition) is 0. The highest BCUT2D eigenvalue weighted by Crippen LogP contribution is 2.39. The first-order valence-electron chi connectivity index (χ1n) is 14.5. The van der Waals surface area contributed by atoms with Crippen LogP contribution in [0, 0.1) is 0 Å². The van der Waals surface area contributed by atoms with Gasteiger partial charge in [0.05, 0.1) is 0 Å². The van der Waals surface area contributed by atoms with Crippen LogP contribution in [0.15, 0.2) is 121 Å². The van der Waals surface area contributed by atoms with Crippen molar-refractivity contribution in [1.82, 2.24) is 0 Å². The van der Waals surface area contributed by atoms with E-state index < -0.39 is 0 Å². The highest BCUT2D eigenvalue weighted by atomic mass is 14.2.